The summed E-state index contributed by atoms with van der Waals surface area (Å²) in [5.74, 6) is -0.474. The fourth-order valence-corrected chi connectivity index (χ4v) is 3.64. The molecule has 132 valence electrons. The predicted octanol–water partition coefficient (Wildman–Crippen LogP) is 3.80. The van der Waals surface area contributed by atoms with Gasteiger partial charge in [-0.2, -0.15) is 13.2 Å². The summed E-state index contributed by atoms with van der Waals surface area (Å²) in [7, 11) is -4.21. The predicted molar refractivity (Wildman–Crippen MR) is 83.7 cm³/mol. The van der Waals surface area contributed by atoms with Crippen molar-refractivity contribution in [2.24, 2.45) is 0 Å². The Bertz CT molecular complexity index is 1010. The zero-order valence-corrected chi connectivity index (χ0v) is 13.4. The van der Waals surface area contributed by atoms with E-state index in [4.69, 9.17) is 0 Å². The highest BCUT2D eigenvalue weighted by Gasteiger charge is 2.33. The van der Waals surface area contributed by atoms with Crippen molar-refractivity contribution in [3.05, 3.63) is 65.6 Å². The fraction of sp³-hybridized carbons (Fsp3) is 0.125. The van der Waals surface area contributed by atoms with Gasteiger partial charge in [0.15, 0.2) is 0 Å². The molecule has 0 aliphatic heterocycles. The summed E-state index contributed by atoms with van der Waals surface area (Å²) in [6, 6.07) is 7.95. The summed E-state index contributed by atoms with van der Waals surface area (Å²) >= 11 is 0. The van der Waals surface area contributed by atoms with Gasteiger partial charge in [0.1, 0.15) is 5.82 Å². The smallest absolute Gasteiger partial charge is 0.361 e. The Kier molecular flexibility index (Phi) is 4.29. The fourth-order valence-electron chi connectivity index (χ4n) is 2.38. The van der Waals surface area contributed by atoms with Crippen molar-refractivity contribution in [1.29, 1.82) is 0 Å². The molecule has 0 atom stereocenters. The van der Waals surface area contributed by atoms with Crippen LogP contribution in [0, 0.1) is 5.82 Å². The third-order valence-electron chi connectivity index (χ3n) is 3.63. The largest absolute Gasteiger partial charge is 0.416 e. The lowest BCUT2D eigenvalue weighted by atomic mass is 10.1. The zero-order chi connectivity index (χ0) is 18.2. The Hall–Kier alpha value is -2.39. The molecule has 4 nitrogen and oxygen atoms in total. The molecule has 9 heteroatoms. The third kappa shape index (κ3) is 3.67. The van der Waals surface area contributed by atoms with Gasteiger partial charge in [0.05, 0.1) is 10.5 Å². The maximum absolute atomic E-state index is 13.0. The number of rotatable bonds is 4. The number of hydrogen-bond acceptors (Lipinski definition) is 2. The van der Waals surface area contributed by atoms with Crippen LogP contribution >= 0.6 is 0 Å². The van der Waals surface area contributed by atoms with E-state index in [-0.39, 0.29) is 17.4 Å². The van der Waals surface area contributed by atoms with E-state index in [1.54, 1.807) is 0 Å². The molecule has 3 aromatic rings. The van der Waals surface area contributed by atoms with Gasteiger partial charge in [0, 0.05) is 23.6 Å². The van der Waals surface area contributed by atoms with Gasteiger partial charge >= 0.3 is 6.18 Å². The molecule has 0 bridgehead atoms. The van der Waals surface area contributed by atoms with Crippen LogP contribution in [0.4, 0.5) is 17.6 Å². The van der Waals surface area contributed by atoms with E-state index in [9.17, 15) is 26.0 Å². The van der Waals surface area contributed by atoms with Gasteiger partial charge in [-0.15, -0.1) is 0 Å². The number of aromatic amines is 1. The van der Waals surface area contributed by atoms with Crippen molar-refractivity contribution in [3.63, 3.8) is 0 Å². The minimum absolute atomic E-state index is 0.0667. The number of nitrogens with one attached hydrogen (secondary N) is 2. The zero-order valence-electron chi connectivity index (χ0n) is 12.6. The lowest BCUT2D eigenvalue weighted by Gasteiger charge is -2.12. The summed E-state index contributed by atoms with van der Waals surface area (Å²) in [5.41, 5.74) is -0.524. The Morgan fingerprint density at radius 1 is 1.04 bits per heavy atom. The first-order valence-corrected chi connectivity index (χ1v) is 8.57. The Labute approximate surface area is 140 Å². The average Bonchev–Trinajstić information content (AvgIpc) is 3.01. The van der Waals surface area contributed by atoms with Crippen LogP contribution in [-0.2, 0) is 22.7 Å². The van der Waals surface area contributed by atoms with Gasteiger partial charge in [-0.1, -0.05) is 12.1 Å². The van der Waals surface area contributed by atoms with Crippen molar-refractivity contribution in [2.45, 2.75) is 17.6 Å². The van der Waals surface area contributed by atoms with Gasteiger partial charge in [0.2, 0.25) is 10.0 Å². The minimum Gasteiger partial charge on any atom is -0.361 e. The highest BCUT2D eigenvalue weighted by atomic mass is 32.2. The molecule has 0 amide bonds. The number of H-pyrrole nitrogens is 1. The normalized spacial score (nSPS) is 12.6. The van der Waals surface area contributed by atoms with Gasteiger partial charge in [0.25, 0.3) is 0 Å². The minimum atomic E-state index is -4.68. The maximum atomic E-state index is 13.0. The topological polar surface area (TPSA) is 62.0 Å². The van der Waals surface area contributed by atoms with Crippen molar-refractivity contribution in [2.75, 3.05) is 0 Å². The van der Waals surface area contributed by atoms with Crippen LogP contribution in [0.2, 0.25) is 0 Å². The number of fused-ring (bicyclic) bond motifs is 1. The molecule has 0 aliphatic rings. The second-order valence-electron chi connectivity index (χ2n) is 5.36. The van der Waals surface area contributed by atoms with Gasteiger partial charge in [-0.05, 0) is 35.9 Å². The average molecular weight is 372 g/mol. The SMILES string of the molecule is O=S(=O)(NCc1ccc(F)cc1)c1cc(C(F)(F)F)cc2[nH]ccc12. The molecule has 0 radical (unpaired) electrons. The molecular weight excluding hydrogens is 360 g/mol. The monoisotopic (exact) mass is 372 g/mol. The first kappa shape index (κ1) is 17.4. The summed E-state index contributed by atoms with van der Waals surface area (Å²) in [6.07, 6.45) is -3.32. The van der Waals surface area contributed by atoms with Gasteiger partial charge in [-0.25, -0.2) is 17.5 Å². The van der Waals surface area contributed by atoms with E-state index in [2.05, 4.69) is 9.71 Å². The number of benzene rings is 2. The molecule has 0 unspecified atom stereocenters. The number of alkyl halides is 3. The van der Waals surface area contributed by atoms with E-state index < -0.39 is 32.5 Å². The molecule has 25 heavy (non-hydrogen) atoms. The number of hydrogen-bond donors (Lipinski definition) is 2. The first-order valence-electron chi connectivity index (χ1n) is 7.09. The number of halogens is 4. The van der Waals surface area contributed by atoms with E-state index >= 15 is 0 Å². The molecule has 0 saturated heterocycles. The lowest BCUT2D eigenvalue weighted by Crippen LogP contribution is -2.24. The second kappa shape index (κ2) is 6.16. The summed E-state index contributed by atoms with van der Waals surface area (Å²) in [6.45, 7) is -0.176. The number of aromatic nitrogens is 1. The van der Waals surface area contributed by atoms with Gasteiger partial charge in [-0.3, -0.25) is 0 Å². The van der Waals surface area contributed by atoms with E-state index in [1.807, 2.05) is 0 Å². The van der Waals surface area contributed by atoms with Gasteiger partial charge < -0.3 is 4.98 Å². The van der Waals surface area contributed by atoms with Crippen molar-refractivity contribution >= 4 is 20.9 Å². The van der Waals surface area contributed by atoms with Crippen LogP contribution in [0.1, 0.15) is 11.1 Å². The summed E-state index contributed by atoms with van der Waals surface area (Å²) in [4.78, 5) is 2.12. The molecule has 0 aliphatic carbocycles. The summed E-state index contributed by atoms with van der Waals surface area (Å²) < 4.78 is 79.1. The van der Waals surface area contributed by atoms with Crippen LogP contribution in [0.3, 0.4) is 0 Å². The van der Waals surface area contributed by atoms with E-state index in [0.717, 1.165) is 18.2 Å². The van der Waals surface area contributed by atoms with Crippen LogP contribution in [0.5, 0.6) is 0 Å². The quantitative estimate of drug-likeness (QED) is 0.685. The standard InChI is InChI=1S/C16H12F4N2O2S/c17-12-3-1-10(2-4-12)9-22-25(23,24)15-8-11(16(18,19)20)7-14-13(15)5-6-21-14/h1-8,21-22H,9H2. The van der Waals surface area contributed by atoms with E-state index in [1.165, 1.54) is 24.4 Å². The highest BCUT2D eigenvalue weighted by molar-refractivity contribution is 7.89. The highest BCUT2D eigenvalue weighted by Crippen LogP contribution is 2.34. The maximum Gasteiger partial charge on any atom is 0.416 e. The molecule has 3 rings (SSSR count). The molecular formula is C16H12F4N2O2S. The van der Waals surface area contributed by atoms with Crippen LogP contribution < -0.4 is 4.72 Å². The molecule has 0 spiro atoms. The van der Waals surface area contributed by atoms with Crippen molar-refractivity contribution in [3.8, 4) is 0 Å². The molecule has 1 heterocycles. The van der Waals surface area contributed by atoms with E-state index in [0.29, 0.717) is 11.6 Å². The van der Waals surface area contributed by atoms with Crippen LogP contribution in [0.15, 0.2) is 53.6 Å². The molecule has 2 N–H and O–H groups in total. The summed E-state index contributed by atoms with van der Waals surface area (Å²) in [5, 5.41) is 0.152. The molecule has 1 aromatic heterocycles. The van der Waals surface area contributed by atoms with Crippen molar-refractivity contribution in [1.82, 2.24) is 9.71 Å². The van der Waals surface area contributed by atoms with Crippen LogP contribution in [-0.4, -0.2) is 13.4 Å². The lowest BCUT2D eigenvalue weighted by molar-refractivity contribution is -0.137. The first-order chi connectivity index (χ1) is 11.7. The molecule has 0 fully saturated rings. The molecule has 2 aromatic carbocycles. The number of sulfonamides is 1. The Morgan fingerprint density at radius 3 is 2.36 bits per heavy atom. The second-order valence-corrected chi connectivity index (χ2v) is 7.10. The third-order valence-corrected chi connectivity index (χ3v) is 5.07. The Balaban J connectivity index is 1.98. The molecule has 0 saturated carbocycles. The Morgan fingerprint density at radius 2 is 1.72 bits per heavy atom. The van der Waals surface area contributed by atoms with Crippen molar-refractivity contribution < 1.29 is 26.0 Å². The van der Waals surface area contributed by atoms with Crippen LogP contribution in [0.25, 0.3) is 10.9 Å².